The number of hydrogen-bond acceptors (Lipinski definition) is 2. The topological polar surface area (TPSA) is 37.4 Å². The molecule has 0 amide bonds. The van der Waals surface area contributed by atoms with Crippen LogP contribution in [0.15, 0.2) is 12.1 Å². The van der Waals surface area contributed by atoms with Crippen LogP contribution in [0.2, 0.25) is 19.6 Å². The monoisotopic (exact) mass is 337 g/mol. The van der Waals surface area contributed by atoms with Crippen LogP contribution in [0.5, 0.6) is 0 Å². The zero-order valence-electron chi connectivity index (χ0n) is 12.4. The minimum absolute atomic E-state index is 0.141. The molecule has 0 bridgehead atoms. The van der Waals surface area contributed by atoms with Crippen molar-refractivity contribution in [3.63, 3.8) is 0 Å². The maximum absolute atomic E-state index is 12.9. The van der Waals surface area contributed by atoms with Crippen LogP contribution in [0.1, 0.15) is 11.1 Å². The fourth-order valence-corrected chi connectivity index (χ4v) is 5.39. The maximum Gasteiger partial charge on any atom is 0.516 e. The van der Waals surface area contributed by atoms with E-state index in [4.69, 9.17) is 0 Å². The number of hydrogen-bond donors (Lipinski definition) is 0. The van der Waals surface area contributed by atoms with Gasteiger partial charge in [-0.15, -0.1) is 0 Å². The van der Waals surface area contributed by atoms with Crippen LogP contribution in [0.4, 0.5) is 18.9 Å². The number of alkyl halides is 3. The summed E-state index contributed by atoms with van der Waals surface area (Å²) in [6.07, 6.45) is 0.323. The van der Waals surface area contributed by atoms with Gasteiger partial charge in [-0.2, -0.15) is 21.6 Å². The SMILES string of the molecule is Cc1cc2c(c([Si](C)(C)C)c1)N(S(=O)(=O)C(F)(F)F)CC2. The van der Waals surface area contributed by atoms with Crippen LogP contribution in [0.3, 0.4) is 0 Å². The van der Waals surface area contributed by atoms with E-state index in [1.807, 2.05) is 32.6 Å². The molecule has 2 rings (SSSR count). The summed E-state index contributed by atoms with van der Waals surface area (Å²) in [4.78, 5) is 0. The van der Waals surface area contributed by atoms with E-state index in [9.17, 15) is 21.6 Å². The Morgan fingerprint density at radius 2 is 1.76 bits per heavy atom. The van der Waals surface area contributed by atoms with Crippen molar-refractivity contribution in [3.05, 3.63) is 23.3 Å². The summed E-state index contributed by atoms with van der Waals surface area (Å²) in [5.74, 6) is 0. The molecule has 1 aromatic rings. The highest BCUT2D eigenvalue weighted by Gasteiger charge is 2.52. The second-order valence-electron chi connectivity index (χ2n) is 6.34. The van der Waals surface area contributed by atoms with Crippen molar-refractivity contribution in [1.82, 2.24) is 0 Å². The number of aryl methyl sites for hydroxylation is 1. The number of halogens is 3. The Kier molecular flexibility index (Phi) is 3.69. The largest absolute Gasteiger partial charge is 0.516 e. The van der Waals surface area contributed by atoms with Gasteiger partial charge in [0.05, 0.1) is 13.8 Å². The number of sulfonamides is 1. The van der Waals surface area contributed by atoms with Gasteiger partial charge in [-0.25, -0.2) is 0 Å². The highest BCUT2D eigenvalue weighted by atomic mass is 32.2. The molecule has 1 aliphatic rings. The standard InChI is InChI=1S/C13H18F3NO2SSi/c1-9-7-10-5-6-17(20(18,19)13(14,15)16)12(10)11(8-9)21(2,3)4/h7-8H,5-6H2,1-4H3. The van der Waals surface area contributed by atoms with Gasteiger partial charge in [0.15, 0.2) is 0 Å². The molecule has 0 spiro atoms. The third-order valence-corrected chi connectivity index (χ3v) is 7.09. The summed E-state index contributed by atoms with van der Waals surface area (Å²) in [7, 11) is -7.30. The van der Waals surface area contributed by atoms with Crippen molar-refractivity contribution in [2.24, 2.45) is 0 Å². The zero-order valence-corrected chi connectivity index (χ0v) is 14.2. The van der Waals surface area contributed by atoms with Crippen molar-refractivity contribution in [2.75, 3.05) is 10.8 Å². The Hall–Kier alpha value is -1.02. The second kappa shape index (κ2) is 4.74. The molecule has 118 valence electrons. The Morgan fingerprint density at radius 1 is 1.19 bits per heavy atom. The van der Waals surface area contributed by atoms with Crippen molar-refractivity contribution < 1.29 is 21.6 Å². The molecule has 0 unspecified atom stereocenters. The molecule has 1 aliphatic heterocycles. The van der Waals surface area contributed by atoms with E-state index in [1.54, 1.807) is 6.07 Å². The van der Waals surface area contributed by atoms with E-state index in [-0.39, 0.29) is 12.2 Å². The first-order valence-electron chi connectivity index (χ1n) is 6.59. The number of anilines is 1. The molecule has 0 N–H and O–H groups in total. The molecular formula is C13H18F3NO2SSi. The Balaban J connectivity index is 2.70. The molecule has 1 aromatic carbocycles. The van der Waals surface area contributed by atoms with E-state index >= 15 is 0 Å². The second-order valence-corrected chi connectivity index (χ2v) is 13.2. The van der Waals surface area contributed by atoms with Crippen LogP contribution in [0, 0.1) is 6.92 Å². The van der Waals surface area contributed by atoms with Gasteiger partial charge in [-0.05, 0) is 24.1 Å². The third kappa shape index (κ3) is 2.70. The molecule has 0 aliphatic carbocycles. The molecule has 0 saturated carbocycles. The van der Waals surface area contributed by atoms with Crippen molar-refractivity contribution >= 4 is 29.0 Å². The first-order valence-corrected chi connectivity index (χ1v) is 11.5. The summed E-state index contributed by atoms with van der Waals surface area (Å²) in [6, 6.07) is 3.61. The number of benzene rings is 1. The first kappa shape index (κ1) is 16.3. The number of rotatable bonds is 2. The third-order valence-electron chi connectivity index (χ3n) is 3.56. The Morgan fingerprint density at radius 3 is 2.24 bits per heavy atom. The predicted octanol–water partition coefficient (Wildman–Crippen LogP) is 2.75. The molecule has 0 atom stereocenters. The van der Waals surface area contributed by atoms with E-state index in [0.29, 0.717) is 16.3 Å². The van der Waals surface area contributed by atoms with Gasteiger partial charge >= 0.3 is 15.5 Å². The van der Waals surface area contributed by atoms with Gasteiger partial charge < -0.3 is 0 Å². The minimum Gasteiger partial charge on any atom is -0.262 e. The highest BCUT2D eigenvalue weighted by Crippen LogP contribution is 2.37. The fourth-order valence-electron chi connectivity index (χ4n) is 2.61. The summed E-state index contributed by atoms with van der Waals surface area (Å²) in [5.41, 5.74) is -3.36. The van der Waals surface area contributed by atoms with Crippen LogP contribution in [-0.4, -0.2) is 28.5 Å². The summed E-state index contributed by atoms with van der Waals surface area (Å²) >= 11 is 0. The number of fused-ring (bicyclic) bond motifs is 1. The predicted molar refractivity (Wildman–Crippen MR) is 80.2 cm³/mol. The molecule has 1 heterocycles. The van der Waals surface area contributed by atoms with E-state index in [0.717, 1.165) is 10.8 Å². The van der Waals surface area contributed by atoms with Gasteiger partial charge in [0, 0.05) is 6.54 Å². The quantitative estimate of drug-likeness (QED) is 0.778. The minimum atomic E-state index is -5.33. The van der Waals surface area contributed by atoms with Crippen LogP contribution < -0.4 is 9.49 Å². The Bertz CT molecular complexity index is 678. The van der Waals surface area contributed by atoms with E-state index in [2.05, 4.69) is 0 Å². The first-order chi connectivity index (χ1) is 9.35. The Labute approximate surface area is 123 Å². The van der Waals surface area contributed by atoms with Gasteiger partial charge in [-0.1, -0.05) is 37.3 Å². The molecule has 21 heavy (non-hydrogen) atoms. The van der Waals surface area contributed by atoms with Gasteiger partial charge in [-0.3, -0.25) is 4.31 Å². The average Bonchev–Trinajstić information content (AvgIpc) is 2.68. The maximum atomic E-state index is 12.9. The van der Waals surface area contributed by atoms with E-state index in [1.165, 1.54) is 0 Å². The highest BCUT2D eigenvalue weighted by molar-refractivity contribution is 7.93. The molecule has 0 saturated heterocycles. The normalized spacial score (nSPS) is 16.2. The molecule has 8 heteroatoms. The van der Waals surface area contributed by atoms with Crippen molar-refractivity contribution in [1.29, 1.82) is 0 Å². The van der Waals surface area contributed by atoms with Crippen LogP contribution in [0.25, 0.3) is 0 Å². The molecular weight excluding hydrogens is 319 g/mol. The smallest absolute Gasteiger partial charge is 0.262 e. The summed E-state index contributed by atoms with van der Waals surface area (Å²) in [5, 5.41) is 0.767. The van der Waals surface area contributed by atoms with Gasteiger partial charge in [0.2, 0.25) is 0 Å². The van der Waals surface area contributed by atoms with Gasteiger partial charge in [0.1, 0.15) is 0 Å². The summed E-state index contributed by atoms with van der Waals surface area (Å²) in [6.45, 7) is 7.74. The lowest BCUT2D eigenvalue weighted by Gasteiger charge is -2.28. The zero-order chi connectivity index (χ0) is 16.2. The lowest BCUT2D eigenvalue weighted by atomic mass is 10.1. The van der Waals surface area contributed by atoms with Gasteiger partial charge in [0.25, 0.3) is 0 Å². The fraction of sp³-hybridized carbons (Fsp3) is 0.538. The molecule has 3 nitrogen and oxygen atoms in total. The summed E-state index contributed by atoms with van der Waals surface area (Å²) < 4.78 is 62.8. The average molecular weight is 337 g/mol. The molecule has 0 radical (unpaired) electrons. The molecule has 0 fully saturated rings. The van der Waals surface area contributed by atoms with Crippen molar-refractivity contribution in [3.8, 4) is 0 Å². The number of nitrogens with zero attached hydrogens (tertiary/aromatic N) is 1. The van der Waals surface area contributed by atoms with Crippen LogP contribution in [-0.2, 0) is 16.4 Å². The lowest BCUT2D eigenvalue weighted by Crippen LogP contribution is -2.46. The van der Waals surface area contributed by atoms with Crippen LogP contribution >= 0.6 is 0 Å². The van der Waals surface area contributed by atoms with Crippen molar-refractivity contribution in [2.45, 2.75) is 38.5 Å². The molecule has 0 aromatic heterocycles. The lowest BCUT2D eigenvalue weighted by molar-refractivity contribution is -0.0437. The van der Waals surface area contributed by atoms with E-state index < -0.39 is 23.6 Å².